The van der Waals surface area contributed by atoms with Gasteiger partial charge in [0, 0.05) is 0 Å². The van der Waals surface area contributed by atoms with Gasteiger partial charge in [0.2, 0.25) is 5.89 Å². The van der Waals surface area contributed by atoms with Gasteiger partial charge in [0.05, 0.1) is 12.5 Å². The van der Waals surface area contributed by atoms with Gasteiger partial charge in [-0.25, -0.2) is 9.48 Å². The molecule has 0 saturated heterocycles. The lowest BCUT2D eigenvalue weighted by Crippen LogP contribution is -2.00. The highest BCUT2D eigenvalue weighted by Crippen LogP contribution is 2.17. The number of aromatic nitrogens is 5. The largest absolute Gasteiger partial charge is 0.476 e. The van der Waals surface area contributed by atoms with Gasteiger partial charge >= 0.3 is 5.97 Å². The van der Waals surface area contributed by atoms with Crippen LogP contribution in [0.4, 0.5) is 0 Å². The van der Waals surface area contributed by atoms with Gasteiger partial charge in [0.25, 0.3) is 5.89 Å². The molecule has 0 atom stereocenters. The van der Waals surface area contributed by atoms with Crippen molar-refractivity contribution in [3.8, 4) is 11.7 Å². The number of nitrogens with zero attached hydrogens (tertiary/aromatic N) is 5. The van der Waals surface area contributed by atoms with E-state index in [4.69, 9.17) is 13.9 Å². The molecule has 3 rings (SSSR count). The van der Waals surface area contributed by atoms with Gasteiger partial charge in [-0.05, 0) is 12.1 Å². The molecule has 0 amide bonds. The SMILES string of the molecule is O=C(O)c1cn(Cc2nnc(-c3ccco3)o2)nn1. The molecule has 0 saturated carbocycles. The minimum atomic E-state index is -1.15. The van der Waals surface area contributed by atoms with Crippen LogP contribution >= 0.6 is 0 Å². The van der Waals surface area contributed by atoms with Crippen LogP contribution in [0.15, 0.2) is 33.4 Å². The van der Waals surface area contributed by atoms with Crippen molar-refractivity contribution in [2.75, 3.05) is 0 Å². The monoisotopic (exact) mass is 261 g/mol. The van der Waals surface area contributed by atoms with Gasteiger partial charge < -0.3 is 13.9 Å². The lowest BCUT2D eigenvalue weighted by atomic mass is 10.4. The third-order valence-corrected chi connectivity index (χ3v) is 2.25. The molecule has 0 aliphatic heterocycles. The van der Waals surface area contributed by atoms with Gasteiger partial charge in [0.1, 0.15) is 6.54 Å². The molecule has 96 valence electrons. The summed E-state index contributed by atoms with van der Waals surface area (Å²) in [7, 11) is 0. The minimum Gasteiger partial charge on any atom is -0.476 e. The van der Waals surface area contributed by atoms with Crippen molar-refractivity contribution in [2.45, 2.75) is 6.54 Å². The normalized spacial score (nSPS) is 10.7. The first-order valence-corrected chi connectivity index (χ1v) is 5.22. The molecular formula is C10H7N5O4. The van der Waals surface area contributed by atoms with Crippen molar-refractivity contribution in [2.24, 2.45) is 0 Å². The van der Waals surface area contributed by atoms with E-state index >= 15 is 0 Å². The molecule has 1 N–H and O–H groups in total. The maximum Gasteiger partial charge on any atom is 0.358 e. The maximum absolute atomic E-state index is 10.6. The van der Waals surface area contributed by atoms with E-state index in [1.54, 1.807) is 12.1 Å². The topological polar surface area (TPSA) is 120 Å². The Labute approximate surface area is 105 Å². The van der Waals surface area contributed by atoms with Crippen LogP contribution in [0.25, 0.3) is 11.7 Å². The van der Waals surface area contributed by atoms with Crippen LogP contribution in [0.1, 0.15) is 16.4 Å². The van der Waals surface area contributed by atoms with E-state index in [1.165, 1.54) is 17.1 Å². The number of carboxylic acids is 1. The fourth-order valence-corrected chi connectivity index (χ4v) is 1.43. The van der Waals surface area contributed by atoms with E-state index < -0.39 is 5.97 Å². The van der Waals surface area contributed by atoms with E-state index in [-0.39, 0.29) is 24.0 Å². The number of aromatic carboxylic acids is 1. The molecule has 0 fully saturated rings. The smallest absolute Gasteiger partial charge is 0.358 e. The highest BCUT2D eigenvalue weighted by molar-refractivity contribution is 5.84. The fourth-order valence-electron chi connectivity index (χ4n) is 1.43. The van der Waals surface area contributed by atoms with Crippen LogP contribution in [0, 0.1) is 0 Å². The number of rotatable bonds is 4. The summed E-state index contributed by atoms with van der Waals surface area (Å²) in [6.07, 6.45) is 2.77. The number of furan rings is 1. The zero-order valence-corrected chi connectivity index (χ0v) is 9.42. The Bertz CT molecular complexity index is 699. The Morgan fingerprint density at radius 1 is 1.37 bits per heavy atom. The van der Waals surface area contributed by atoms with Gasteiger partial charge in [-0.1, -0.05) is 5.21 Å². The molecule has 19 heavy (non-hydrogen) atoms. The summed E-state index contributed by atoms with van der Waals surface area (Å²) in [6.45, 7) is 0.133. The minimum absolute atomic E-state index is 0.133. The van der Waals surface area contributed by atoms with Crippen molar-refractivity contribution in [1.29, 1.82) is 0 Å². The van der Waals surface area contributed by atoms with Crippen molar-refractivity contribution >= 4 is 5.97 Å². The maximum atomic E-state index is 10.6. The molecule has 3 heterocycles. The molecule has 0 bridgehead atoms. The molecule has 9 nitrogen and oxygen atoms in total. The predicted octanol–water partition coefficient (Wildman–Crippen LogP) is 0.668. The average molecular weight is 261 g/mol. The highest BCUT2D eigenvalue weighted by Gasteiger charge is 2.13. The van der Waals surface area contributed by atoms with Crippen LogP contribution in [-0.2, 0) is 6.54 Å². The molecule has 0 aromatic carbocycles. The number of carbonyl (C=O) groups is 1. The van der Waals surface area contributed by atoms with E-state index in [0.29, 0.717) is 5.76 Å². The fraction of sp³-hybridized carbons (Fsp3) is 0.100. The predicted molar refractivity (Wildman–Crippen MR) is 58.1 cm³/mol. The third kappa shape index (κ3) is 2.20. The van der Waals surface area contributed by atoms with Crippen LogP contribution in [0.3, 0.4) is 0 Å². The summed E-state index contributed by atoms with van der Waals surface area (Å²) in [6, 6.07) is 3.39. The molecule has 0 spiro atoms. The molecular weight excluding hydrogens is 254 g/mol. The van der Waals surface area contributed by atoms with Gasteiger partial charge in [-0.15, -0.1) is 15.3 Å². The molecule has 0 aliphatic rings. The Kier molecular flexibility index (Phi) is 2.56. The van der Waals surface area contributed by atoms with Crippen molar-refractivity contribution in [3.63, 3.8) is 0 Å². The standard InChI is InChI=1S/C10H7N5O4/c16-10(17)6-4-15(14-11-6)5-8-12-13-9(19-8)7-2-1-3-18-7/h1-4H,5H2,(H,16,17). The Morgan fingerprint density at radius 3 is 2.95 bits per heavy atom. The van der Waals surface area contributed by atoms with E-state index in [0.717, 1.165) is 0 Å². The molecule has 3 aromatic heterocycles. The summed E-state index contributed by atoms with van der Waals surface area (Å²) < 4.78 is 11.8. The first kappa shape index (κ1) is 11.1. The Morgan fingerprint density at radius 2 is 2.26 bits per heavy atom. The van der Waals surface area contributed by atoms with E-state index in [1.807, 2.05) is 0 Å². The van der Waals surface area contributed by atoms with Crippen LogP contribution in [0.2, 0.25) is 0 Å². The first-order valence-electron chi connectivity index (χ1n) is 5.22. The summed E-state index contributed by atoms with van der Waals surface area (Å²) in [4.78, 5) is 10.6. The number of carboxylic acid groups (broad SMARTS) is 1. The lowest BCUT2D eigenvalue weighted by Gasteiger charge is -1.92. The second-order valence-electron chi connectivity index (χ2n) is 3.58. The van der Waals surface area contributed by atoms with E-state index in [9.17, 15) is 4.79 Å². The summed E-state index contributed by atoms with van der Waals surface area (Å²) in [5, 5.41) is 23.4. The molecule has 9 heteroatoms. The molecule has 3 aromatic rings. The van der Waals surface area contributed by atoms with Crippen molar-refractivity contribution < 1.29 is 18.7 Å². The molecule has 0 radical (unpaired) electrons. The number of hydrogen-bond donors (Lipinski definition) is 1. The number of hydrogen-bond acceptors (Lipinski definition) is 7. The highest BCUT2D eigenvalue weighted by atomic mass is 16.4. The first-order chi connectivity index (χ1) is 9.22. The quantitative estimate of drug-likeness (QED) is 0.727. The zero-order chi connectivity index (χ0) is 13.2. The zero-order valence-electron chi connectivity index (χ0n) is 9.42. The Balaban J connectivity index is 1.78. The lowest BCUT2D eigenvalue weighted by molar-refractivity contribution is 0.0690. The summed E-state index contributed by atoms with van der Waals surface area (Å²) in [5.41, 5.74) is -0.147. The second-order valence-corrected chi connectivity index (χ2v) is 3.58. The van der Waals surface area contributed by atoms with Crippen molar-refractivity contribution in [3.05, 3.63) is 36.2 Å². The van der Waals surface area contributed by atoms with Gasteiger partial charge in [-0.2, -0.15) is 0 Å². The van der Waals surface area contributed by atoms with Gasteiger partial charge in [0.15, 0.2) is 11.5 Å². The van der Waals surface area contributed by atoms with Gasteiger partial charge in [-0.3, -0.25) is 0 Å². The van der Waals surface area contributed by atoms with E-state index in [2.05, 4.69) is 20.5 Å². The Hall–Kier alpha value is -2.97. The third-order valence-electron chi connectivity index (χ3n) is 2.25. The molecule has 0 aliphatic carbocycles. The molecule has 0 unspecified atom stereocenters. The van der Waals surface area contributed by atoms with Crippen LogP contribution in [0.5, 0.6) is 0 Å². The summed E-state index contributed by atoms with van der Waals surface area (Å²) >= 11 is 0. The summed E-state index contributed by atoms with van der Waals surface area (Å²) in [5.74, 6) is -0.163. The second kappa shape index (κ2) is 4.37. The van der Waals surface area contributed by atoms with Crippen LogP contribution < -0.4 is 0 Å². The average Bonchev–Trinajstić information content (AvgIpc) is 3.09. The van der Waals surface area contributed by atoms with Crippen LogP contribution in [-0.4, -0.2) is 36.3 Å². The van der Waals surface area contributed by atoms with Crippen molar-refractivity contribution in [1.82, 2.24) is 25.2 Å².